The molecule has 2 rings (SSSR count). The van der Waals surface area contributed by atoms with Crippen molar-refractivity contribution in [3.05, 3.63) is 22.2 Å². The molecule has 112 valence electrons. The lowest BCUT2D eigenvalue weighted by molar-refractivity contribution is 0.174. The Morgan fingerprint density at radius 1 is 1.30 bits per heavy atom. The Balaban J connectivity index is 2.36. The summed E-state index contributed by atoms with van der Waals surface area (Å²) in [5, 5.41) is 0. The van der Waals surface area contributed by atoms with Crippen molar-refractivity contribution in [1.29, 1.82) is 0 Å². The van der Waals surface area contributed by atoms with Gasteiger partial charge in [-0.15, -0.1) is 0 Å². The third-order valence-electron chi connectivity index (χ3n) is 2.77. The van der Waals surface area contributed by atoms with E-state index < -0.39 is 13.4 Å². The number of hydrogen-bond acceptors (Lipinski definition) is 6. The Hall–Kier alpha value is -0.590. The van der Waals surface area contributed by atoms with Crippen LogP contribution >= 0.6 is 23.5 Å². The van der Waals surface area contributed by atoms with Gasteiger partial charge in [0.2, 0.25) is 6.79 Å². The van der Waals surface area contributed by atoms with Gasteiger partial charge in [0, 0.05) is 4.47 Å². The minimum absolute atomic E-state index is 0.162. The first-order valence-electron chi connectivity index (χ1n) is 6.25. The second kappa shape index (κ2) is 6.45. The van der Waals surface area contributed by atoms with Gasteiger partial charge in [0.05, 0.1) is 13.2 Å². The van der Waals surface area contributed by atoms with E-state index >= 15 is 0 Å². The van der Waals surface area contributed by atoms with E-state index in [0.717, 1.165) is 0 Å². The number of rotatable bonds is 6. The molecule has 20 heavy (non-hydrogen) atoms. The molecule has 0 amide bonds. The fraction of sp³-hybridized carbons (Fsp3) is 0.500. The van der Waals surface area contributed by atoms with E-state index in [1.165, 1.54) is 0 Å². The number of fused-ring (bicyclic) bond motifs is 1. The van der Waals surface area contributed by atoms with E-state index in [0.29, 0.717) is 21.5 Å². The quantitative estimate of drug-likeness (QED) is 0.778. The lowest BCUT2D eigenvalue weighted by atomic mass is 10.2. The molecule has 1 heterocycles. The largest absolute Gasteiger partial charge is 0.454 e. The van der Waals surface area contributed by atoms with E-state index in [4.69, 9.17) is 24.3 Å². The highest BCUT2D eigenvalue weighted by molar-refractivity contribution is 9.10. The van der Waals surface area contributed by atoms with Gasteiger partial charge in [-0.1, -0.05) is 15.9 Å². The monoisotopic (exact) mass is 365 g/mol. The molecule has 0 radical (unpaired) electrons. The predicted octanol–water partition coefficient (Wildman–Crippen LogP) is 3.40. The Labute approximate surface area is 126 Å². The minimum atomic E-state index is -3.43. The molecule has 2 N–H and O–H groups in total. The third-order valence-corrected chi connectivity index (χ3v) is 5.65. The summed E-state index contributed by atoms with van der Waals surface area (Å²) in [5.74, 6) is 0.292. The molecule has 8 heteroatoms. The molecular weight excluding hydrogens is 349 g/mol. The molecule has 0 aromatic heterocycles. The number of hydrogen-bond donors (Lipinski definition) is 1. The standard InChI is InChI=1S/C12H17BrNO5P/c1-3-18-20(15,19-4-2)12(14)8-5-10-11(6-9(8)13)17-7-16-10/h5-6,12H,3-4,7,14H2,1-2H3/t12-/m1/s1. The van der Waals surface area contributed by atoms with E-state index in [9.17, 15) is 4.57 Å². The summed E-state index contributed by atoms with van der Waals surface area (Å²) in [5.41, 5.74) is 6.70. The average Bonchev–Trinajstić information content (AvgIpc) is 2.84. The Kier molecular flexibility index (Phi) is 5.09. The van der Waals surface area contributed by atoms with Crippen LogP contribution in [0.5, 0.6) is 11.5 Å². The highest BCUT2D eigenvalue weighted by atomic mass is 79.9. The lowest BCUT2D eigenvalue weighted by Gasteiger charge is -2.24. The number of ether oxygens (including phenoxy) is 2. The maximum atomic E-state index is 12.7. The van der Waals surface area contributed by atoms with Gasteiger partial charge < -0.3 is 24.3 Å². The minimum Gasteiger partial charge on any atom is -0.454 e. The molecule has 1 aliphatic heterocycles. The molecule has 0 saturated heterocycles. The maximum Gasteiger partial charge on any atom is 0.351 e. The molecule has 6 nitrogen and oxygen atoms in total. The molecular formula is C12H17BrNO5P. The van der Waals surface area contributed by atoms with Crippen LogP contribution in [-0.4, -0.2) is 20.0 Å². The molecule has 1 aromatic rings. The number of benzene rings is 1. The first-order valence-corrected chi connectivity index (χ1v) is 8.65. The Morgan fingerprint density at radius 2 is 1.85 bits per heavy atom. The van der Waals surface area contributed by atoms with Crippen molar-refractivity contribution >= 4 is 23.5 Å². The zero-order valence-electron chi connectivity index (χ0n) is 11.3. The van der Waals surface area contributed by atoms with Crippen molar-refractivity contribution in [2.45, 2.75) is 19.6 Å². The van der Waals surface area contributed by atoms with Crippen LogP contribution in [0.1, 0.15) is 25.2 Å². The van der Waals surface area contributed by atoms with Gasteiger partial charge in [-0.3, -0.25) is 4.57 Å². The van der Waals surface area contributed by atoms with E-state index in [-0.39, 0.29) is 20.0 Å². The Morgan fingerprint density at radius 3 is 2.40 bits per heavy atom. The van der Waals surface area contributed by atoms with Gasteiger partial charge in [-0.25, -0.2) is 0 Å². The molecule has 0 bridgehead atoms. The third kappa shape index (κ3) is 3.02. The van der Waals surface area contributed by atoms with Gasteiger partial charge in [-0.05, 0) is 31.5 Å². The smallest absolute Gasteiger partial charge is 0.351 e. The Bertz CT molecular complexity index is 529. The lowest BCUT2D eigenvalue weighted by Crippen LogP contribution is -2.15. The van der Waals surface area contributed by atoms with Gasteiger partial charge in [0.1, 0.15) is 5.78 Å². The fourth-order valence-electron chi connectivity index (χ4n) is 1.89. The average molecular weight is 366 g/mol. The molecule has 0 aliphatic carbocycles. The summed E-state index contributed by atoms with van der Waals surface area (Å²) in [4.78, 5) is 0. The summed E-state index contributed by atoms with van der Waals surface area (Å²) in [7, 11) is -3.43. The van der Waals surface area contributed by atoms with Crippen molar-refractivity contribution in [2.75, 3.05) is 20.0 Å². The van der Waals surface area contributed by atoms with Crippen LogP contribution in [0.2, 0.25) is 0 Å². The first-order chi connectivity index (χ1) is 9.51. The second-order valence-electron chi connectivity index (χ2n) is 4.05. The first kappa shape index (κ1) is 15.8. The van der Waals surface area contributed by atoms with Crippen LogP contribution in [-0.2, 0) is 13.6 Å². The molecule has 0 fully saturated rings. The van der Waals surface area contributed by atoms with Gasteiger partial charge >= 0.3 is 7.60 Å². The van der Waals surface area contributed by atoms with Gasteiger partial charge in [0.15, 0.2) is 11.5 Å². The van der Waals surface area contributed by atoms with Crippen molar-refractivity contribution in [1.82, 2.24) is 0 Å². The topological polar surface area (TPSA) is 80.0 Å². The maximum absolute atomic E-state index is 12.7. The van der Waals surface area contributed by atoms with Gasteiger partial charge in [0.25, 0.3) is 0 Å². The van der Waals surface area contributed by atoms with E-state index in [1.807, 2.05) is 0 Å². The van der Waals surface area contributed by atoms with Crippen LogP contribution in [0.4, 0.5) is 0 Å². The summed E-state index contributed by atoms with van der Waals surface area (Å²) < 4.78 is 34.5. The summed E-state index contributed by atoms with van der Waals surface area (Å²) in [6.45, 7) is 4.16. The highest BCUT2D eigenvalue weighted by Crippen LogP contribution is 2.59. The molecule has 0 saturated carbocycles. The molecule has 0 spiro atoms. The predicted molar refractivity (Wildman–Crippen MR) is 78.1 cm³/mol. The normalized spacial score (nSPS) is 15.4. The van der Waals surface area contributed by atoms with Crippen LogP contribution < -0.4 is 15.2 Å². The number of nitrogens with two attached hydrogens (primary N) is 1. The SMILES string of the molecule is CCOP(=O)(OCC)[C@@H](N)c1cc2c(cc1Br)OCO2. The second-order valence-corrected chi connectivity index (χ2v) is 7.05. The summed E-state index contributed by atoms with van der Waals surface area (Å²) in [6.07, 6.45) is 0. The summed E-state index contributed by atoms with van der Waals surface area (Å²) in [6, 6.07) is 3.43. The zero-order valence-corrected chi connectivity index (χ0v) is 13.8. The molecule has 1 atom stereocenters. The summed E-state index contributed by atoms with van der Waals surface area (Å²) >= 11 is 3.40. The van der Waals surface area contributed by atoms with Crippen molar-refractivity contribution < 1.29 is 23.1 Å². The van der Waals surface area contributed by atoms with E-state index in [2.05, 4.69) is 15.9 Å². The van der Waals surface area contributed by atoms with Crippen LogP contribution in [0.15, 0.2) is 16.6 Å². The molecule has 1 aliphatic rings. The molecule has 0 unspecified atom stereocenters. The molecule has 1 aromatic carbocycles. The van der Waals surface area contributed by atoms with Crippen molar-refractivity contribution in [2.24, 2.45) is 5.73 Å². The van der Waals surface area contributed by atoms with Crippen LogP contribution in [0.3, 0.4) is 0 Å². The van der Waals surface area contributed by atoms with Crippen molar-refractivity contribution in [3.8, 4) is 11.5 Å². The fourth-order valence-corrected chi connectivity index (χ4v) is 4.30. The van der Waals surface area contributed by atoms with Crippen molar-refractivity contribution in [3.63, 3.8) is 0 Å². The van der Waals surface area contributed by atoms with Crippen LogP contribution in [0.25, 0.3) is 0 Å². The van der Waals surface area contributed by atoms with E-state index in [1.54, 1.807) is 26.0 Å². The highest BCUT2D eigenvalue weighted by Gasteiger charge is 2.36. The number of halogens is 1. The van der Waals surface area contributed by atoms with Gasteiger partial charge in [-0.2, -0.15) is 0 Å². The van der Waals surface area contributed by atoms with Crippen LogP contribution in [0, 0.1) is 0 Å². The zero-order chi connectivity index (χ0) is 14.8.